The number of unbranched alkanes of at least 4 members (excludes halogenated alkanes) is 1. The molecule has 12 nitrogen and oxygen atoms in total. The lowest BCUT2D eigenvalue weighted by Crippen LogP contribution is -2.58. The van der Waals surface area contributed by atoms with Gasteiger partial charge in [0.15, 0.2) is 0 Å². The van der Waals surface area contributed by atoms with E-state index in [9.17, 15) is 29.1 Å². The van der Waals surface area contributed by atoms with Crippen molar-refractivity contribution >= 4 is 29.6 Å². The van der Waals surface area contributed by atoms with Crippen LogP contribution in [0.25, 0.3) is 0 Å². The van der Waals surface area contributed by atoms with Crippen LogP contribution >= 0.6 is 0 Å². The second-order valence-electron chi connectivity index (χ2n) is 9.08. The maximum Gasteiger partial charge on any atom is 0.326 e. The van der Waals surface area contributed by atoms with Crippen LogP contribution in [0, 0.1) is 5.92 Å². The molecule has 5 atom stereocenters. The number of carbonyl (C=O) groups excluding carboxylic acids is 4. The summed E-state index contributed by atoms with van der Waals surface area (Å²) < 4.78 is 0. The van der Waals surface area contributed by atoms with Crippen LogP contribution in [0.5, 0.6) is 0 Å². The smallest absolute Gasteiger partial charge is 0.326 e. The van der Waals surface area contributed by atoms with E-state index < -0.39 is 60.2 Å². The minimum atomic E-state index is -1.44. The number of hydrogen-bond donors (Lipinski definition) is 7. The predicted octanol–water partition coefficient (Wildman–Crippen LogP) is -0.854. The molecule has 0 bridgehead atoms. The van der Waals surface area contributed by atoms with E-state index in [4.69, 9.17) is 17.2 Å². The zero-order chi connectivity index (χ0) is 28.0. The van der Waals surface area contributed by atoms with Crippen molar-refractivity contribution in [1.82, 2.24) is 16.0 Å². The number of aliphatic carboxylic acids is 1. The summed E-state index contributed by atoms with van der Waals surface area (Å²) in [6.45, 7) is 4.09. The van der Waals surface area contributed by atoms with Gasteiger partial charge in [0.05, 0.1) is 12.5 Å². The molecule has 0 aliphatic carbocycles. The van der Waals surface area contributed by atoms with E-state index in [2.05, 4.69) is 16.0 Å². The van der Waals surface area contributed by atoms with Gasteiger partial charge in [0.1, 0.15) is 18.1 Å². The molecule has 1 aromatic carbocycles. The van der Waals surface area contributed by atoms with Gasteiger partial charge in [-0.1, -0.05) is 50.6 Å². The summed E-state index contributed by atoms with van der Waals surface area (Å²) >= 11 is 0. The Morgan fingerprint density at radius 3 is 2.00 bits per heavy atom. The molecule has 0 heterocycles. The molecule has 1 rings (SSSR count). The Morgan fingerprint density at radius 2 is 1.46 bits per heavy atom. The zero-order valence-electron chi connectivity index (χ0n) is 21.4. The zero-order valence-corrected chi connectivity index (χ0v) is 21.4. The van der Waals surface area contributed by atoms with Crippen molar-refractivity contribution < 1.29 is 29.1 Å². The van der Waals surface area contributed by atoms with Crippen LogP contribution in [-0.4, -0.2) is 65.4 Å². The Balaban J connectivity index is 3.02. The number of primary amides is 1. The molecule has 0 fully saturated rings. The highest BCUT2D eigenvalue weighted by Gasteiger charge is 2.31. The number of carbonyl (C=O) groups is 5. The monoisotopic (exact) mass is 520 g/mol. The molecule has 0 spiro atoms. The highest BCUT2D eigenvalue weighted by molar-refractivity contribution is 5.96. The molecule has 0 aliphatic rings. The van der Waals surface area contributed by atoms with Gasteiger partial charge >= 0.3 is 5.97 Å². The van der Waals surface area contributed by atoms with E-state index in [-0.39, 0.29) is 18.8 Å². The van der Waals surface area contributed by atoms with Crippen LogP contribution < -0.4 is 33.2 Å². The van der Waals surface area contributed by atoms with Crippen molar-refractivity contribution in [2.45, 2.75) is 76.5 Å². The van der Waals surface area contributed by atoms with E-state index in [0.29, 0.717) is 31.4 Å². The summed E-state index contributed by atoms with van der Waals surface area (Å²) in [6, 6.07) is 4.03. The Bertz CT molecular complexity index is 912. The number of amides is 4. The first-order valence-electron chi connectivity index (χ1n) is 12.4. The predicted molar refractivity (Wildman–Crippen MR) is 138 cm³/mol. The number of carboxylic acid groups (broad SMARTS) is 1. The number of rotatable bonds is 17. The van der Waals surface area contributed by atoms with E-state index >= 15 is 0 Å². The van der Waals surface area contributed by atoms with Gasteiger partial charge in [0, 0.05) is 6.42 Å². The second kappa shape index (κ2) is 16.3. The van der Waals surface area contributed by atoms with E-state index in [1.165, 1.54) is 0 Å². The summed E-state index contributed by atoms with van der Waals surface area (Å²) in [5, 5.41) is 17.0. The number of benzene rings is 1. The Hall–Kier alpha value is -3.51. The second-order valence-corrected chi connectivity index (χ2v) is 9.08. The van der Waals surface area contributed by atoms with Crippen LogP contribution in [0.3, 0.4) is 0 Å². The largest absolute Gasteiger partial charge is 0.480 e. The Morgan fingerprint density at radius 1 is 0.892 bits per heavy atom. The lowest BCUT2D eigenvalue weighted by Gasteiger charge is -2.26. The van der Waals surface area contributed by atoms with Crippen LogP contribution in [0.4, 0.5) is 0 Å². The number of carboxylic acids is 1. The van der Waals surface area contributed by atoms with Crippen molar-refractivity contribution in [3.05, 3.63) is 35.9 Å². The first-order chi connectivity index (χ1) is 17.5. The molecule has 0 aromatic heterocycles. The molecule has 0 aliphatic heterocycles. The normalized spacial score (nSPS) is 14.9. The fourth-order valence-corrected chi connectivity index (χ4v) is 3.55. The molecule has 5 unspecified atom stereocenters. The van der Waals surface area contributed by atoms with E-state index in [1.54, 1.807) is 30.3 Å². The molecule has 0 saturated heterocycles. The summed E-state index contributed by atoms with van der Waals surface area (Å²) in [6.07, 6.45) is 1.42. The quantitative estimate of drug-likeness (QED) is 0.128. The van der Waals surface area contributed by atoms with Crippen molar-refractivity contribution in [1.29, 1.82) is 0 Å². The van der Waals surface area contributed by atoms with Crippen LogP contribution in [0.2, 0.25) is 0 Å². The molecule has 37 heavy (non-hydrogen) atoms. The topological polar surface area (TPSA) is 220 Å². The SMILES string of the molecule is CCC(C)C(N)C(=O)NC(CCCCN)C(=O)NC(CC(N)=O)C(=O)NC(Cc1ccccc1)C(=O)O. The highest BCUT2D eigenvalue weighted by Crippen LogP contribution is 2.09. The Labute approximate surface area is 217 Å². The molecule has 0 radical (unpaired) electrons. The third-order valence-electron chi connectivity index (χ3n) is 6.08. The van der Waals surface area contributed by atoms with Crippen molar-refractivity contribution in [3.8, 4) is 0 Å². The molecule has 206 valence electrons. The number of nitrogens with two attached hydrogens (primary N) is 3. The first kappa shape index (κ1) is 31.5. The number of nitrogens with one attached hydrogen (secondary N) is 3. The highest BCUT2D eigenvalue weighted by atomic mass is 16.4. The van der Waals surface area contributed by atoms with Crippen LogP contribution in [-0.2, 0) is 30.4 Å². The van der Waals surface area contributed by atoms with Crippen LogP contribution in [0.15, 0.2) is 30.3 Å². The average molecular weight is 521 g/mol. The lowest BCUT2D eigenvalue weighted by molar-refractivity contribution is -0.142. The van der Waals surface area contributed by atoms with E-state index in [1.807, 2.05) is 13.8 Å². The van der Waals surface area contributed by atoms with Gasteiger partial charge in [-0.05, 0) is 37.3 Å². The molecule has 0 saturated carbocycles. The summed E-state index contributed by atoms with van der Waals surface area (Å²) in [7, 11) is 0. The van der Waals surface area contributed by atoms with Gasteiger partial charge in [0.25, 0.3) is 0 Å². The molecular weight excluding hydrogens is 480 g/mol. The maximum absolute atomic E-state index is 13.1. The Kier molecular flexibility index (Phi) is 13.9. The third-order valence-corrected chi connectivity index (χ3v) is 6.08. The van der Waals surface area contributed by atoms with Crippen LogP contribution in [0.1, 0.15) is 51.5 Å². The van der Waals surface area contributed by atoms with E-state index in [0.717, 1.165) is 0 Å². The van der Waals surface area contributed by atoms with Crippen molar-refractivity contribution in [2.75, 3.05) is 6.54 Å². The fourth-order valence-electron chi connectivity index (χ4n) is 3.55. The van der Waals surface area contributed by atoms with Gasteiger partial charge in [0.2, 0.25) is 23.6 Å². The van der Waals surface area contributed by atoms with Gasteiger partial charge in [-0.15, -0.1) is 0 Å². The van der Waals surface area contributed by atoms with Gasteiger partial charge in [-0.2, -0.15) is 0 Å². The van der Waals surface area contributed by atoms with Gasteiger partial charge < -0.3 is 38.3 Å². The molecule has 12 heteroatoms. The van der Waals surface area contributed by atoms with Crippen molar-refractivity contribution in [3.63, 3.8) is 0 Å². The first-order valence-corrected chi connectivity index (χ1v) is 12.4. The van der Waals surface area contributed by atoms with Gasteiger partial charge in [-0.3, -0.25) is 19.2 Å². The molecule has 1 aromatic rings. The minimum Gasteiger partial charge on any atom is -0.480 e. The minimum absolute atomic E-state index is 0.00950. The lowest BCUT2D eigenvalue weighted by atomic mass is 9.98. The molecule has 10 N–H and O–H groups in total. The molecule has 4 amide bonds. The summed E-state index contributed by atoms with van der Waals surface area (Å²) in [5.41, 5.74) is 17.5. The number of hydrogen-bond acceptors (Lipinski definition) is 7. The fraction of sp³-hybridized carbons (Fsp3) is 0.560. The average Bonchev–Trinajstić information content (AvgIpc) is 2.86. The standard InChI is InChI=1S/C25H40N6O6/c1-3-15(2)21(28)24(35)29-17(11-7-8-12-26)22(33)30-18(14-20(27)32)23(34)31-19(25(36)37)13-16-9-5-4-6-10-16/h4-6,9-10,15,17-19,21H,3,7-8,11-14,26,28H2,1-2H3,(H2,27,32)(H,29,35)(H,30,33)(H,31,34)(H,36,37). The summed E-state index contributed by atoms with van der Waals surface area (Å²) in [5.74, 6) is -4.42. The molecular formula is C25H40N6O6. The summed E-state index contributed by atoms with van der Waals surface area (Å²) in [4.78, 5) is 62.1. The maximum atomic E-state index is 13.1. The van der Waals surface area contributed by atoms with Gasteiger partial charge in [-0.25, -0.2) is 4.79 Å². The van der Waals surface area contributed by atoms with Crippen molar-refractivity contribution in [2.24, 2.45) is 23.1 Å². The third kappa shape index (κ3) is 11.4.